The van der Waals surface area contributed by atoms with Crippen LogP contribution in [0.2, 0.25) is 0 Å². The lowest BCUT2D eigenvalue weighted by Gasteiger charge is -2.17. The van der Waals surface area contributed by atoms with Crippen molar-refractivity contribution in [1.82, 2.24) is 10.3 Å². The fourth-order valence-electron chi connectivity index (χ4n) is 1.75. The van der Waals surface area contributed by atoms with E-state index in [9.17, 15) is 4.79 Å². The maximum Gasteiger partial charge on any atom is 0.233 e. The SMILES string of the molecule is Cc1csc(S[C@@H](C)C(=O)N[C@@H](C)c2ccccc2)n1. The third-order valence-corrected chi connectivity index (χ3v) is 5.09. The van der Waals surface area contributed by atoms with E-state index in [1.165, 1.54) is 11.8 Å². The summed E-state index contributed by atoms with van der Waals surface area (Å²) < 4.78 is 0.942. The zero-order valence-corrected chi connectivity index (χ0v) is 13.4. The van der Waals surface area contributed by atoms with Crippen molar-refractivity contribution in [3.05, 3.63) is 47.0 Å². The van der Waals surface area contributed by atoms with Crippen LogP contribution < -0.4 is 5.32 Å². The molecule has 0 aliphatic heterocycles. The fourth-order valence-corrected chi connectivity index (χ4v) is 3.74. The lowest BCUT2D eigenvalue weighted by atomic mass is 10.1. The van der Waals surface area contributed by atoms with E-state index in [1.807, 2.05) is 56.5 Å². The van der Waals surface area contributed by atoms with Gasteiger partial charge in [-0.2, -0.15) is 0 Å². The highest BCUT2D eigenvalue weighted by Crippen LogP contribution is 2.27. The largest absolute Gasteiger partial charge is 0.349 e. The molecule has 1 amide bonds. The summed E-state index contributed by atoms with van der Waals surface area (Å²) >= 11 is 3.09. The van der Waals surface area contributed by atoms with Gasteiger partial charge in [-0.3, -0.25) is 4.79 Å². The fraction of sp³-hybridized carbons (Fsp3) is 0.333. The van der Waals surface area contributed by atoms with Crippen LogP contribution in [0.5, 0.6) is 0 Å². The number of aromatic nitrogens is 1. The van der Waals surface area contributed by atoms with Crippen molar-refractivity contribution in [3.8, 4) is 0 Å². The predicted octanol–water partition coefficient (Wildman–Crippen LogP) is 3.81. The number of hydrogen-bond donors (Lipinski definition) is 1. The minimum atomic E-state index is -0.147. The van der Waals surface area contributed by atoms with Crippen LogP contribution in [-0.4, -0.2) is 16.1 Å². The van der Waals surface area contributed by atoms with Crippen LogP contribution in [-0.2, 0) is 4.79 Å². The Morgan fingerprint density at radius 3 is 2.60 bits per heavy atom. The van der Waals surface area contributed by atoms with Crippen molar-refractivity contribution in [2.75, 3.05) is 0 Å². The average molecular weight is 306 g/mol. The third kappa shape index (κ3) is 4.08. The van der Waals surface area contributed by atoms with Crippen molar-refractivity contribution in [3.63, 3.8) is 0 Å². The first kappa shape index (κ1) is 15.1. The molecule has 106 valence electrons. The third-order valence-electron chi connectivity index (χ3n) is 2.90. The Morgan fingerprint density at radius 1 is 1.30 bits per heavy atom. The summed E-state index contributed by atoms with van der Waals surface area (Å²) in [6, 6.07) is 9.99. The summed E-state index contributed by atoms with van der Waals surface area (Å²) in [6.45, 7) is 5.87. The number of aryl methyl sites for hydroxylation is 1. The van der Waals surface area contributed by atoms with E-state index in [-0.39, 0.29) is 17.2 Å². The number of nitrogens with zero attached hydrogens (tertiary/aromatic N) is 1. The van der Waals surface area contributed by atoms with Crippen molar-refractivity contribution in [1.29, 1.82) is 0 Å². The molecular weight excluding hydrogens is 288 g/mol. The van der Waals surface area contributed by atoms with E-state index in [1.54, 1.807) is 11.3 Å². The maximum absolute atomic E-state index is 12.2. The Morgan fingerprint density at radius 2 is 2.00 bits per heavy atom. The van der Waals surface area contributed by atoms with Crippen LogP contribution in [0.4, 0.5) is 0 Å². The molecule has 0 unspecified atom stereocenters. The minimum Gasteiger partial charge on any atom is -0.349 e. The zero-order valence-electron chi connectivity index (χ0n) is 11.8. The number of carbonyl (C=O) groups excluding carboxylic acids is 1. The highest BCUT2D eigenvalue weighted by Gasteiger charge is 2.18. The Bertz CT molecular complexity index is 568. The van der Waals surface area contributed by atoms with Gasteiger partial charge in [-0.1, -0.05) is 42.1 Å². The number of amides is 1. The van der Waals surface area contributed by atoms with Gasteiger partial charge in [0.25, 0.3) is 0 Å². The first-order valence-corrected chi connectivity index (χ1v) is 8.26. The topological polar surface area (TPSA) is 42.0 Å². The molecule has 2 atom stereocenters. The predicted molar refractivity (Wildman–Crippen MR) is 85.2 cm³/mol. The van der Waals surface area contributed by atoms with Gasteiger partial charge in [0.05, 0.1) is 11.3 Å². The van der Waals surface area contributed by atoms with E-state index in [0.717, 1.165) is 15.6 Å². The molecule has 1 aromatic carbocycles. The van der Waals surface area contributed by atoms with E-state index < -0.39 is 0 Å². The van der Waals surface area contributed by atoms with E-state index in [0.29, 0.717) is 0 Å². The van der Waals surface area contributed by atoms with Crippen molar-refractivity contribution < 1.29 is 4.79 Å². The lowest BCUT2D eigenvalue weighted by molar-refractivity contribution is -0.120. The number of nitrogens with one attached hydrogen (secondary N) is 1. The average Bonchev–Trinajstić information content (AvgIpc) is 2.85. The minimum absolute atomic E-state index is 0.0183. The smallest absolute Gasteiger partial charge is 0.233 e. The van der Waals surface area contributed by atoms with Gasteiger partial charge in [-0.05, 0) is 26.3 Å². The van der Waals surface area contributed by atoms with E-state index in [2.05, 4.69) is 10.3 Å². The van der Waals surface area contributed by atoms with E-state index >= 15 is 0 Å². The Labute approximate surface area is 127 Å². The molecule has 0 bridgehead atoms. The van der Waals surface area contributed by atoms with Gasteiger partial charge in [-0.25, -0.2) is 4.98 Å². The van der Waals surface area contributed by atoms with Crippen LogP contribution in [0.15, 0.2) is 40.1 Å². The number of benzene rings is 1. The monoisotopic (exact) mass is 306 g/mol. The Kier molecular flexibility index (Phi) is 5.20. The van der Waals surface area contributed by atoms with Gasteiger partial charge >= 0.3 is 0 Å². The molecule has 0 spiro atoms. The number of thioether (sulfide) groups is 1. The van der Waals surface area contributed by atoms with Gasteiger partial charge in [0.15, 0.2) is 4.34 Å². The summed E-state index contributed by atoms with van der Waals surface area (Å²) in [5, 5.41) is 4.89. The molecule has 0 fully saturated rings. The molecule has 20 heavy (non-hydrogen) atoms. The second kappa shape index (κ2) is 6.90. The van der Waals surface area contributed by atoms with Gasteiger partial charge in [-0.15, -0.1) is 11.3 Å². The van der Waals surface area contributed by atoms with Crippen LogP contribution in [0.3, 0.4) is 0 Å². The molecule has 1 aromatic heterocycles. The quantitative estimate of drug-likeness (QED) is 0.854. The number of rotatable bonds is 5. The summed E-state index contributed by atoms with van der Waals surface area (Å²) in [6.07, 6.45) is 0. The van der Waals surface area contributed by atoms with Crippen molar-refractivity contribution in [2.45, 2.75) is 36.4 Å². The molecule has 0 aliphatic carbocycles. The Hall–Kier alpha value is -1.33. The molecule has 1 N–H and O–H groups in total. The molecule has 0 radical (unpaired) electrons. The normalized spacial score (nSPS) is 13.8. The zero-order chi connectivity index (χ0) is 14.5. The highest BCUT2D eigenvalue weighted by atomic mass is 32.2. The van der Waals surface area contributed by atoms with Crippen LogP contribution in [0.25, 0.3) is 0 Å². The van der Waals surface area contributed by atoms with E-state index in [4.69, 9.17) is 0 Å². The standard InChI is InChI=1S/C15H18N2OS2/c1-10-9-19-15(16-10)20-12(3)14(18)17-11(2)13-7-5-4-6-8-13/h4-9,11-12H,1-3H3,(H,17,18)/t11-,12-/m0/s1. The van der Waals surface area contributed by atoms with Crippen LogP contribution >= 0.6 is 23.1 Å². The van der Waals surface area contributed by atoms with Crippen LogP contribution in [0, 0.1) is 6.92 Å². The number of hydrogen-bond acceptors (Lipinski definition) is 4. The number of carbonyl (C=O) groups is 1. The molecule has 0 aliphatic rings. The second-order valence-corrected chi connectivity index (χ2v) is 7.10. The summed E-state index contributed by atoms with van der Waals surface area (Å²) in [5.74, 6) is 0.0409. The van der Waals surface area contributed by atoms with Gasteiger partial charge in [0.2, 0.25) is 5.91 Å². The second-order valence-electron chi connectivity index (χ2n) is 4.66. The van der Waals surface area contributed by atoms with Crippen molar-refractivity contribution >= 4 is 29.0 Å². The maximum atomic E-state index is 12.2. The molecule has 1 heterocycles. The Balaban J connectivity index is 1.91. The summed E-state index contributed by atoms with van der Waals surface area (Å²) in [4.78, 5) is 16.6. The molecule has 3 nitrogen and oxygen atoms in total. The highest BCUT2D eigenvalue weighted by molar-refractivity contribution is 8.02. The number of thiazole rings is 1. The first-order valence-electron chi connectivity index (χ1n) is 6.50. The molecular formula is C15H18N2OS2. The summed E-state index contributed by atoms with van der Waals surface area (Å²) in [7, 11) is 0. The van der Waals surface area contributed by atoms with Crippen molar-refractivity contribution in [2.24, 2.45) is 0 Å². The lowest BCUT2D eigenvalue weighted by Crippen LogP contribution is -2.33. The molecule has 2 rings (SSSR count). The van der Waals surface area contributed by atoms with Gasteiger partial charge in [0, 0.05) is 11.1 Å². The van der Waals surface area contributed by atoms with Gasteiger partial charge < -0.3 is 5.32 Å². The molecule has 0 saturated carbocycles. The van der Waals surface area contributed by atoms with Crippen LogP contribution in [0.1, 0.15) is 31.1 Å². The molecule has 0 saturated heterocycles. The first-order chi connectivity index (χ1) is 9.56. The van der Waals surface area contributed by atoms with Gasteiger partial charge in [0.1, 0.15) is 0 Å². The summed E-state index contributed by atoms with van der Waals surface area (Å²) in [5.41, 5.74) is 2.12. The molecule has 2 aromatic rings. The molecule has 5 heteroatoms.